The minimum atomic E-state index is -1.03. The Morgan fingerprint density at radius 1 is 1.46 bits per heavy atom. The van der Waals surface area contributed by atoms with Crippen LogP contribution in [-0.4, -0.2) is 23.1 Å². The molecule has 0 aromatic heterocycles. The smallest absolute Gasteiger partial charge is 0.345 e. The van der Waals surface area contributed by atoms with Crippen molar-refractivity contribution in [1.29, 1.82) is 0 Å². The molecule has 3 unspecified atom stereocenters. The van der Waals surface area contributed by atoms with E-state index in [9.17, 15) is 9.59 Å². The fraction of sp³-hybridized carbons (Fsp3) is 0.778. The van der Waals surface area contributed by atoms with Crippen molar-refractivity contribution in [3.8, 4) is 0 Å². The zero-order chi connectivity index (χ0) is 10.0. The maximum absolute atomic E-state index is 11.2. The van der Waals surface area contributed by atoms with E-state index in [1.165, 1.54) is 0 Å². The molecule has 1 aliphatic heterocycles. The summed E-state index contributed by atoms with van der Waals surface area (Å²) < 4.78 is 4.79. The van der Waals surface area contributed by atoms with E-state index >= 15 is 0 Å². The molecule has 1 fully saturated rings. The predicted octanol–water partition coefficient (Wildman–Crippen LogP) is 1.05. The molecule has 0 aromatic carbocycles. The number of rotatable bonds is 3. The predicted molar refractivity (Wildman–Crippen MR) is 45.1 cm³/mol. The average molecular weight is 186 g/mol. The highest BCUT2D eigenvalue weighted by atomic mass is 16.6. The van der Waals surface area contributed by atoms with Crippen LogP contribution in [0.25, 0.3) is 0 Å². The quantitative estimate of drug-likeness (QED) is 0.669. The normalized spacial score (nSPS) is 33.1. The zero-order valence-corrected chi connectivity index (χ0v) is 7.82. The first-order chi connectivity index (χ1) is 6.11. The van der Waals surface area contributed by atoms with Gasteiger partial charge in [0, 0.05) is 5.92 Å². The van der Waals surface area contributed by atoms with Crippen molar-refractivity contribution >= 4 is 11.9 Å². The van der Waals surface area contributed by atoms with Crippen molar-refractivity contribution in [2.75, 3.05) is 0 Å². The van der Waals surface area contributed by atoms with Crippen LogP contribution in [0.3, 0.4) is 0 Å². The molecule has 13 heavy (non-hydrogen) atoms. The van der Waals surface area contributed by atoms with Crippen molar-refractivity contribution in [2.45, 2.75) is 32.8 Å². The van der Waals surface area contributed by atoms with E-state index in [1.54, 1.807) is 0 Å². The van der Waals surface area contributed by atoms with Gasteiger partial charge in [0.2, 0.25) is 6.10 Å². The lowest BCUT2D eigenvalue weighted by atomic mass is 9.86. The van der Waals surface area contributed by atoms with Gasteiger partial charge in [0.1, 0.15) is 0 Å². The van der Waals surface area contributed by atoms with Gasteiger partial charge in [0.25, 0.3) is 0 Å². The molecule has 74 valence electrons. The minimum Gasteiger partial charge on any atom is -0.478 e. The fourth-order valence-corrected chi connectivity index (χ4v) is 1.89. The van der Waals surface area contributed by atoms with Crippen molar-refractivity contribution in [1.82, 2.24) is 0 Å². The Balaban J connectivity index is 2.81. The lowest BCUT2D eigenvalue weighted by molar-refractivity contribution is -0.158. The monoisotopic (exact) mass is 186 g/mol. The Morgan fingerprint density at radius 2 is 2.08 bits per heavy atom. The van der Waals surface area contributed by atoms with Crippen LogP contribution in [0.5, 0.6) is 0 Å². The van der Waals surface area contributed by atoms with Gasteiger partial charge < -0.3 is 9.84 Å². The maximum atomic E-state index is 11.2. The molecule has 1 heterocycles. The number of carboxylic acid groups (broad SMARTS) is 1. The summed E-state index contributed by atoms with van der Waals surface area (Å²) in [5.41, 5.74) is 0. The van der Waals surface area contributed by atoms with Gasteiger partial charge in [0.05, 0.1) is 5.92 Å². The standard InChI is InChI=1S/C9H14O4/c1-3-5-6(4-2)9(12)13-7(5)8(10)11/h5-7H,3-4H2,1-2H3,(H,10,11). The number of carbonyl (C=O) groups excluding carboxylic acids is 1. The van der Waals surface area contributed by atoms with Gasteiger partial charge in [-0.3, -0.25) is 4.79 Å². The van der Waals surface area contributed by atoms with Crippen LogP contribution in [0.4, 0.5) is 0 Å². The van der Waals surface area contributed by atoms with Gasteiger partial charge in [-0.05, 0) is 12.8 Å². The largest absolute Gasteiger partial charge is 0.478 e. The van der Waals surface area contributed by atoms with Crippen LogP contribution in [0.15, 0.2) is 0 Å². The topological polar surface area (TPSA) is 63.6 Å². The second kappa shape index (κ2) is 3.77. The van der Waals surface area contributed by atoms with E-state index in [0.29, 0.717) is 12.8 Å². The maximum Gasteiger partial charge on any atom is 0.345 e. The summed E-state index contributed by atoms with van der Waals surface area (Å²) in [6, 6.07) is 0. The fourth-order valence-electron chi connectivity index (χ4n) is 1.89. The van der Waals surface area contributed by atoms with Crippen molar-refractivity contribution in [2.24, 2.45) is 11.8 Å². The molecule has 0 saturated carbocycles. The van der Waals surface area contributed by atoms with E-state index in [1.807, 2.05) is 13.8 Å². The molecule has 1 rings (SSSR count). The molecule has 0 amide bonds. The molecule has 0 spiro atoms. The molecule has 0 radical (unpaired) electrons. The van der Waals surface area contributed by atoms with Gasteiger partial charge in [-0.25, -0.2) is 4.79 Å². The number of esters is 1. The minimum absolute atomic E-state index is 0.157. The van der Waals surface area contributed by atoms with E-state index < -0.39 is 12.1 Å². The first-order valence-electron chi connectivity index (χ1n) is 4.55. The lowest BCUT2D eigenvalue weighted by Crippen LogP contribution is -2.27. The second-order valence-electron chi connectivity index (χ2n) is 3.28. The summed E-state index contributed by atoms with van der Waals surface area (Å²) in [6.07, 6.45) is 0.393. The first kappa shape index (κ1) is 10.0. The Hall–Kier alpha value is -1.06. The Bertz CT molecular complexity index is 224. The molecule has 4 heteroatoms. The van der Waals surface area contributed by atoms with Crippen LogP contribution in [0.2, 0.25) is 0 Å². The summed E-state index contributed by atoms with van der Waals surface area (Å²) in [5.74, 6) is -1.78. The van der Waals surface area contributed by atoms with Crippen molar-refractivity contribution in [3.05, 3.63) is 0 Å². The highest BCUT2D eigenvalue weighted by molar-refractivity contribution is 5.84. The van der Waals surface area contributed by atoms with Crippen LogP contribution < -0.4 is 0 Å². The molecule has 1 N–H and O–H groups in total. The van der Waals surface area contributed by atoms with Crippen molar-refractivity contribution < 1.29 is 19.4 Å². The number of hydrogen-bond acceptors (Lipinski definition) is 3. The van der Waals surface area contributed by atoms with E-state index in [-0.39, 0.29) is 17.8 Å². The summed E-state index contributed by atoms with van der Waals surface area (Å²) in [6.45, 7) is 3.75. The number of carboxylic acids is 1. The Labute approximate surface area is 76.9 Å². The highest BCUT2D eigenvalue weighted by Gasteiger charge is 2.46. The second-order valence-corrected chi connectivity index (χ2v) is 3.28. The molecular formula is C9H14O4. The molecule has 0 bridgehead atoms. The van der Waals surface area contributed by atoms with Gasteiger partial charge in [-0.1, -0.05) is 13.8 Å². The third kappa shape index (κ3) is 1.66. The van der Waals surface area contributed by atoms with Crippen LogP contribution in [-0.2, 0) is 14.3 Å². The summed E-state index contributed by atoms with van der Waals surface area (Å²) in [4.78, 5) is 21.9. The third-order valence-corrected chi connectivity index (χ3v) is 2.61. The van der Waals surface area contributed by atoms with Crippen molar-refractivity contribution in [3.63, 3.8) is 0 Å². The lowest BCUT2D eigenvalue weighted by Gasteiger charge is -2.14. The molecule has 3 atom stereocenters. The van der Waals surface area contributed by atoms with Crippen LogP contribution in [0.1, 0.15) is 26.7 Å². The first-order valence-corrected chi connectivity index (χ1v) is 4.55. The zero-order valence-electron chi connectivity index (χ0n) is 7.82. The number of hydrogen-bond donors (Lipinski definition) is 1. The molecule has 0 aromatic rings. The SMILES string of the molecule is CCC1C(=O)OC(C(=O)O)C1CC. The summed E-state index contributed by atoms with van der Waals surface area (Å²) >= 11 is 0. The van der Waals surface area contributed by atoms with E-state index in [0.717, 1.165) is 0 Å². The molecular weight excluding hydrogens is 172 g/mol. The molecule has 4 nitrogen and oxygen atoms in total. The Kier molecular flexibility index (Phi) is 2.90. The highest BCUT2D eigenvalue weighted by Crippen LogP contribution is 2.33. The molecule has 1 aliphatic rings. The van der Waals surface area contributed by atoms with Gasteiger partial charge in [-0.15, -0.1) is 0 Å². The van der Waals surface area contributed by atoms with Crippen LogP contribution in [0, 0.1) is 11.8 Å². The van der Waals surface area contributed by atoms with Gasteiger partial charge >= 0.3 is 11.9 Å². The van der Waals surface area contributed by atoms with Gasteiger partial charge in [0.15, 0.2) is 0 Å². The number of ether oxygens (including phenoxy) is 1. The summed E-state index contributed by atoms with van der Waals surface area (Å²) in [7, 11) is 0. The number of cyclic esters (lactones) is 1. The molecule has 1 saturated heterocycles. The van der Waals surface area contributed by atoms with E-state index in [4.69, 9.17) is 9.84 Å². The van der Waals surface area contributed by atoms with Gasteiger partial charge in [-0.2, -0.15) is 0 Å². The number of aliphatic carboxylic acids is 1. The Morgan fingerprint density at radius 3 is 2.46 bits per heavy atom. The number of carbonyl (C=O) groups is 2. The summed E-state index contributed by atoms with van der Waals surface area (Å²) in [5, 5.41) is 8.77. The third-order valence-electron chi connectivity index (χ3n) is 2.61. The molecule has 0 aliphatic carbocycles. The van der Waals surface area contributed by atoms with E-state index in [2.05, 4.69) is 0 Å². The average Bonchev–Trinajstić information content (AvgIpc) is 2.41. The van der Waals surface area contributed by atoms with Crippen LogP contribution >= 0.6 is 0 Å².